The molecule has 6 nitrogen and oxygen atoms in total. The zero-order valence-corrected chi connectivity index (χ0v) is 13.4. The molecule has 0 amide bonds. The van der Waals surface area contributed by atoms with Crippen molar-refractivity contribution in [3.63, 3.8) is 0 Å². The first kappa shape index (κ1) is 15.3. The third-order valence-electron chi connectivity index (χ3n) is 3.19. The van der Waals surface area contributed by atoms with Gasteiger partial charge in [0.25, 0.3) is 0 Å². The number of thioether (sulfide) groups is 1. The Hall–Kier alpha value is -2.56. The summed E-state index contributed by atoms with van der Waals surface area (Å²) in [6.45, 7) is 1.17. The molecule has 0 atom stereocenters. The minimum absolute atomic E-state index is 0.480. The maximum Gasteiger partial charge on any atom is 0.223 e. The molecule has 0 spiro atoms. The van der Waals surface area contributed by atoms with Gasteiger partial charge in [0.05, 0.1) is 23.0 Å². The van der Waals surface area contributed by atoms with E-state index in [2.05, 4.69) is 26.7 Å². The second-order valence-corrected chi connectivity index (χ2v) is 5.78. The molecule has 0 fully saturated rings. The zero-order valence-electron chi connectivity index (χ0n) is 12.5. The Labute approximate surface area is 138 Å². The predicted octanol–water partition coefficient (Wildman–Crippen LogP) is 2.94. The minimum Gasteiger partial charge on any atom is -0.383 e. The van der Waals surface area contributed by atoms with E-state index in [1.807, 2.05) is 24.3 Å². The van der Waals surface area contributed by atoms with E-state index in [1.54, 1.807) is 19.4 Å². The van der Waals surface area contributed by atoms with Crippen LogP contribution in [0.15, 0.2) is 46.5 Å². The minimum atomic E-state index is 0.480. The molecule has 0 unspecified atom stereocenters. The van der Waals surface area contributed by atoms with Crippen LogP contribution in [0.5, 0.6) is 0 Å². The lowest BCUT2D eigenvalue weighted by molar-refractivity contribution is 0.210. The van der Waals surface area contributed by atoms with E-state index in [-0.39, 0.29) is 0 Å². The average Bonchev–Trinajstić information content (AvgIpc) is 3.00. The Bertz CT molecular complexity index is 757. The molecule has 2 heterocycles. The van der Waals surface area contributed by atoms with Gasteiger partial charge >= 0.3 is 0 Å². The van der Waals surface area contributed by atoms with Crippen LogP contribution in [0.3, 0.4) is 0 Å². The number of aromatic nitrogens is 2. The number of para-hydroxylation sites is 1. The number of hydrogen-bond donors (Lipinski definition) is 2. The van der Waals surface area contributed by atoms with Crippen LogP contribution >= 0.6 is 11.8 Å². The summed E-state index contributed by atoms with van der Waals surface area (Å²) in [5, 5.41) is 16.7. The molecular formula is C16H15N5OS. The lowest BCUT2D eigenvalue weighted by Gasteiger charge is -2.07. The Morgan fingerprint density at radius 2 is 2.26 bits per heavy atom. The molecular weight excluding hydrogens is 310 g/mol. The Balaban J connectivity index is 1.86. The number of benzene rings is 1. The standard InChI is InChI=1S/C16H15N5OS/c1-22-9-8-19-16-18-7-6-12(21-16)11(10-17)15-20-13-4-2-3-5-14(13)23-15/h2-7,20H,8-9H2,1H3,(H,18,19,21)/b15-11+. The van der Waals surface area contributed by atoms with Gasteiger partial charge in [-0.2, -0.15) is 5.26 Å². The van der Waals surface area contributed by atoms with E-state index in [0.29, 0.717) is 30.4 Å². The third kappa shape index (κ3) is 3.44. The number of nitrogens with zero attached hydrogens (tertiary/aromatic N) is 3. The smallest absolute Gasteiger partial charge is 0.223 e. The number of rotatable bonds is 5. The number of nitriles is 1. The van der Waals surface area contributed by atoms with E-state index in [1.165, 1.54) is 11.8 Å². The molecule has 0 radical (unpaired) electrons. The van der Waals surface area contributed by atoms with E-state index in [9.17, 15) is 5.26 Å². The number of methoxy groups -OCH3 is 1. The van der Waals surface area contributed by atoms with E-state index >= 15 is 0 Å². The fourth-order valence-electron chi connectivity index (χ4n) is 2.10. The highest BCUT2D eigenvalue weighted by Crippen LogP contribution is 2.43. The monoisotopic (exact) mass is 325 g/mol. The van der Waals surface area contributed by atoms with Crippen LogP contribution in [0.1, 0.15) is 5.69 Å². The summed E-state index contributed by atoms with van der Waals surface area (Å²) in [6, 6.07) is 11.9. The van der Waals surface area contributed by atoms with Crippen molar-refractivity contribution < 1.29 is 4.74 Å². The van der Waals surface area contributed by atoms with Crippen molar-refractivity contribution >= 4 is 29.0 Å². The number of allylic oxidation sites excluding steroid dienone is 1. The quantitative estimate of drug-likeness (QED) is 0.646. The van der Waals surface area contributed by atoms with Crippen LogP contribution in [0, 0.1) is 11.3 Å². The zero-order chi connectivity index (χ0) is 16.1. The summed E-state index contributed by atoms with van der Waals surface area (Å²) in [5.41, 5.74) is 2.10. The van der Waals surface area contributed by atoms with Crippen molar-refractivity contribution in [2.75, 3.05) is 30.9 Å². The van der Waals surface area contributed by atoms with Gasteiger partial charge in [-0.3, -0.25) is 0 Å². The van der Waals surface area contributed by atoms with Gasteiger partial charge in [-0.25, -0.2) is 9.97 Å². The first-order valence-corrected chi connectivity index (χ1v) is 7.88. The molecule has 116 valence electrons. The molecule has 1 aromatic carbocycles. The van der Waals surface area contributed by atoms with Gasteiger partial charge in [0.1, 0.15) is 11.6 Å². The molecule has 0 saturated carbocycles. The SMILES string of the molecule is COCCNc1nccc(/C(C#N)=C2\Nc3ccccc3S2)n1. The normalized spacial score (nSPS) is 14.6. The van der Waals surface area contributed by atoms with Crippen molar-refractivity contribution in [3.8, 4) is 6.07 Å². The van der Waals surface area contributed by atoms with E-state index < -0.39 is 0 Å². The molecule has 2 aromatic rings. The number of ether oxygens (including phenoxy) is 1. The van der Waals surface area contributed by atoms with Gasteiger partial charge in [-0.15, -0.1) is 0 Å². The second-order valence-electron chi connectivity index (χ2n) is 4.72. The van der Waals surface area contributed by atoms with Crippen LogP contribution in [0.25, 0.3) is 5.57 Å². The fourth-order valence-corrected chi connectivity index (χ4v) is 3.11. The van der Waals surface area contributed by atoms with Crippen molar-refractivity contribution in [3.05, 3.63) is 47.3 Å². The van der Waals surface area contributed by atoms with Gasteiger partial charge in [0.2, 0.25) is 5.95 Å². The molecule has 0 aliphatic carbocycles. The van der Waals surface area contributed by atoms with E-state index in [4.69, 9.17) is 4.74 Å². The van der Waals surface area contributed by atoms with Gasteiger partial charge < -0.3 is 15.4 Å². The van der Waals surface area contributed by atoms with Crippen LogP contribution in [0.4, 0.5) is 11.6 Å². The molecule has 0 bridgehead atoms. The summed E-state index contributed by atoms with van der Waals surface area (Å²) in [5.74, 6) is 0.480. The number of anilines is 2. The highest BCUT2D eigenvalue weighted by Gasteiger charge is 2.20. The number of hydrogen-bond acceptors (Lipinski definition) is 7. The summed E-state index contributed by atoms with van der Waals surface area (Å²) in [7, 11) is 1.64. The lowest BCUT2D eigenvalue weighted by atomic mass is 10.2. The maximum absolute atomic E-state index is 9.56. The van der Waals surface area contributed by atoms with Crippen LogP contribution < -0.4 is 10.6 Å². The van der Waals surface area contributed by atoms with E-state index in [0.717, 1.165) is 15.6 Å². The largest absolute Gasteiger partial charge is 0.383 e. The van der Waals surface area contributed by atoms with Gasteiger partial charge in [-0.1, -0.05) is 23.9 Å². The molecule has 0 saturated heterocycles. The third-order valence-corrected chi connectivity index (χ3v) is 4.27. The first-order chi connectivity index (χ1) is 11.3. The molecule has 2 N–H and O–H groups in total. The van der Waals surface area contributed by atoms with Gasteiger partial charge in [0.15, 0.2) is 0 Å². The number of nitrogens with one attached hydrogen (secondary N) is 2. The average molecular weight is 325 g/mol. The Morgan fingerprint density at radius 1 is 1.39 bits per heavy atom. The molecule has 3 rings (SSSR count). The summed E-state index contributed by atoms with van der Waals surface area (Å²) in [6.07, 6.45) is 1.64. The highest BCUT2D eigenvalue weighted by atomic mass is 32.2. The number of fused-ring (bicyclic) bond motifs is 1. The maximum atomic E-state index is 9.56. The molecule has 1 aromatic heterocycles. The lowest BCUT2D eigenvalue weighted by Crippen LogP contribution is -2.10. The van der Waals surface area contributed by atoms with Gasteiger partial charge in [-0.05, 0) is 18.2 Å². The summed E-state index contributed by atoms with van der Waals surface area (Å²) in [4.78, 5) is 9.67. The molecule has 23 heavy (non-hydrogen) atoms. The van der Waals surface area contributed by atoms with Gasteiger partial charge in [0, 0.05) is 24.7 Å². The second kappa shape index (κ2) is 7.13. The van der Waals surface area contributed by atoms with Crippen molar-refractivity contribution in [2.45, 2.75) is 4.90 Å². The van der Waals surface area contributed by atoms with Crippen LogP contribution in [0.2, 0.25) is 0 Å². The van der Waals surface area contributed by atoms with Crippen molar-refractivity contribution in [2.24, 2.45) is 0 Å². The van der Waals surface area contributed by atoms with Crippen LogP contribution in [-0.4, -0.2) is 30.2 Å². The summed E-state index contributed by atoms with van der Waals surface area (Å²) >= 11 is 1.54. The Kier molecular flexibility index (Phi) is 4.76. The topological polar surface area (TPSA) is 82.9 Å². The summed E-state index contributed by atoms with van der Waals surface area (Å²) < 4.78 is 4.99. The van der Waals surface area contributed by atoms with Crippen molar-refractivity contribution in [1.29, 1.82) is 5.26 Å². The fraction of sp³-hybridized carbons (Fsp3) is 0.188. The predicted molar refractivity (Wildman–Crippen MR) is 90.9 cm³/mol. The molecule has 7 heteroatoms. The molecule has 1 aliphatic heterocycles. The van der Waals surface area contributed by atoms with Crippen molar-refractivity contribution in [1.82, 2.24) is 9.97 Å². The highest BCUT2D eigenvalue weighted by molar-refractivity contribution is 8.04. The first-order valence-electron chi connectivity index (χ1n) is 7.06. The van der Waals surface area contributed by atoms with Crippen LogP contribution in [-0.2, 0) is 4.74 Å². The molecule has 1 aliphatic rings. The Morgan fingerprint density at radius 3 is 3.04 bits per heavy atom.